The van der Waals surface area contributed by atoms with Gasteiger partial charge < -0.3 is 19.4 Å². The summed E-state index contributed by atoms with van der Waals surface area (Å²) in [6.07, 6.45) is 25.6. The molecule has 0 fully saturated rings. The number of rotatable bonds is 27. The van der Waals surface area contributed by atoms with Gasteiger partial charge in [0, 0.05) is 6.42 Å². The Kier molecular flexibility index (Phi) is 23.0. The molecule has 0 amide bonds. The summed E-state index contributed by atoms with van der Waals surface area (Å²) in [7, 11) is -0.283. The number of phosphoric acid groups is 1. The van der Waals surface area contributed by atoms with Gasteiger partial charge >= 0.3 is 7.82 Å². The summed E-state index contributed by atoms with van der Waals surface area (Å²) in [5.41, 5.74) is 0. The second-order valence-electron chi connectivity index (χ2n) is 11.6. The fourth-order valence-corrected chi connectivity index (χ4v) is 5.65. The van der Waals surface area contributed by atoms with E-state index in [1.807, 2.05) is 0 Å². The third kappa shape index (κ3) is 22.1. The first-order chi connectivity index (χ1) is 17.1. The Hall–Kier alpha value is 0.0300. The topological polar surface area (TPSA) is 87.0 Å². The molecule has 0 aliphatic rings. The molecule has 218 valence electrons. The Labute approximate surface area is 224 Å². The van der Waals surface area contributed by atoms with Crippen LogP contribution in [-0.4, -0.2) is 58.8 Å². The van der Waals surface area contributed by atoms with Gasteiger partial charge in [0.2, 0.25) is 0 Å². The smallest absolute Gasteiger partial charge is 0.384 e. The van der Waals surface area contributed by atoms with Crippen molar-refractivity contribution in [2.45, 2.75) is 161 Å². The van der Waals surface area contributed by atoms with Crippen molar-refractivity contribution in [1.29, 1.82) is 0 Å². The maximum Gasteiger partial charge on any atom is 0.469 e. The van der Waals surface area contributed by atoms with Crippen molar-refractivity contribution in [3.05, 3.63) is 0 Å². The summed E-state index contributed by atoms with van der Waals surface area (Å²) < 4.78 is 16.5. The third-order valence-corrected chi connectivity index (χ3v) is 8.18. The first kappa shape index (κ1) is 36.0. The van der Waals surface area contributed by atoms with Crippen LogP contribution in [-0.2, 0) is 9.09 Å². The molecule has 0 radical (unpaired) electrons. The minimum absolute atomic E-state index is 0.0795. The van der Waals surface area contributed by atoms with Crippen molar-refractivity contribution >= 4 is 7.82 Å². The maximum absolute atomic E-state index is 11.2. The van der Waals surface area contributed by atoms with E-state index in [2.05, 4.69) is 32.5 Å². The second-order valence-corrected chi connectivity index (χ2v) is 12.8. The van der Waals surface area contributed by atoms with Gasteiger partial charge in [0.25, 0.3) is 0 Å². The van der Waals surface area contributed by atoms with Gasteiger partial charge in [-0.1, -0.05) is 123 Å². The van der Waals surface area contributed by atoms with E-state index >= 15 is 0 Å². The predicted molar refractivity (Wildman–Crippen MR) is 153 cm³/mol. The molecule has 0 rings (SSSR count). The standard InChI is InChI=1S/C29H62NO5P/c1-5-7-9-11-13-15-17-19-21-23-25-28(29(31)27-35-36(32,33)34)30(3,4)26-24-22-20-18-16-14-12-10-8-6-2/h28-29,31H,5-27H2,1-4H3,(H-,32,33,34)/p+1. The van der Waals surface area contributed by atoms with Gasteiger partial charge in [0.05, 0.1) is 27.2 Å². The van der Waals surface area contributed by atoms with Crippen molar-refractivity contribution in [3.8, 4) is 0 Å². The molecule has 3 N–H and O–H groups in total. The lowest BCUT2D eigenvalue weighted by Gasteiger charge is -2.40. The molecule has 36 heavy (non-hydrogen) atoms. The van der Waals surface area contributed by atoms with Crippen LogP contribution in [0.1, 0.15) is 149 Å². The van der Waals surface area contributed by atoms with Crippen LogP contribution in [0.4, 0.5) is 0 Å². The lowest BCUT2D eigenvalue weighted by molar-refractivity contribution is -0.919. The molecule has 2 atom stereocenters. The van der Waals surface area contributed by atoms with Gasteiger partial charge in [-0.15, -0.1) is 0 Å². The monoisotopic (exact) mass is 536 g/mol. The molecule has 0 bridgehead atoms. The van der Waals surface area contributed by atoms with Crippen LogP contribution in [0.5, 0.6) is 0 Å². The van der Waals surface area contributed by atoms with E-state index in [9.17, 15) is 9.67 Å². The molecule has 0 saturated carbocycles. The summed E-state index contributed by atoms with van der Waals surface area (Å²) in [6.45, 7) is 5.16. The van der Waals surface area contributed by atoms with Crippen molar-refractivity contribution in [3.63, 3.8) is 0 Å². The highest BCUT2D eigenvalue weighted by molar-refractivity contribution is 7.46. The number of unbranched alkanes of at least 4 members (excludes halogenated alkanes) is 18. The fraction of sp³-hybridized carbons (Fsp3) is 1.00. The Morgan fingerprint density at radius 2 is 1.00 bits per heavy atom. The summed E-state index contributed by atoms with van der Waals surface area (Å²) in [5.74, 6) is 0. The number of hydrogen-bond acceptors (Lipinski definition) is 3. The zero-order valence-corrected chi connectivity index (χ0v) is 25.4. The van der Waals surface area contributed by atoms with Gasteiger partial charge in [0.1, 0.15) is 12.1 Å². The van der Waals surface area contributed by atoms with Crippen molar-refractivity contribution in [2.75, 3.05) is 27.2 Å². The Morgan fingerprint density at radius 3 is 1.39 bits per heavy atom. The third-order valence-electron chi connectivity index (χ3n) is 7.70. The minimum Gasteiger partial charge on any atom is -0.384 e. The second kappa shape index (κ2) is 23.0. The first-order valence-electron chi connectivity index (χ1n) is 15.3. The van der Waals surface area contributed by atoms with Crippen molar-refractivity contribution in [2.24, 2.45) is 0 Å². The van der Waals surface area contributed by atoms with E-state index in [1.54, 1.807) is 0 Å². The Morgan fingerprint density at radius 1 is 0.639 bits per heavy atom. The number of nitrogens with zero attached hydrogens (tertiary/aromatic N) is 1. The highest BCUT2D eigenvalue weighted by Gasteiger charge is 2.35. The van der Waals surface area contributed by atoms with Crippen LogP contribution in [0.25, 0.3) is 0 Å². The average molecular weight is 537 g/mol. The number of aliphatic hydroxyl groups is 1. The van der Waals surface area contributed by atoms with Crippen LogP contribution in [0.15, 0.2) is 0 Å². The zero-order valence-electron chi connectivity index (χ0n) is 24.5. The predicted octanol–water partition coefficient (Wildman–Crippen LogP) is 8.13. The summed E-state index contributed by atoms with van der Waals surface area (Å²) >= 11 is 0. The number of likely N-dealkylation sites (N-methyl/N-ethyl adjacent to an activating group) is 1. The highest BCUT2D eigenvalue weighted by atomic mass is 31.2. The molecule has 2 unspecified atom stereocenters. The average Bonchev–Trinajstić information content (AvgIpc) is 2.81. The van der Waals surface area contributed by atoms with E-state index in [4.69, 9.17) is 9.79 Å². The molecule has 0 heterocycles. The van der Waals surface area contributed by atoms with E-state index in [-0.39, 0.29) is 12.6 Å². The highest BCUT2D eigenvalue weighted by Crippen LogP contribution is 2.36. The van der Waals surface area contributed by atoms with Crippen LogP contribution >= 0.6 is 7.82 Å². The lowest BCUT2D eigenvalue weighted by Crippen LogP contribution is -2.56. The van der Waals surface area contributed by atoms with Crippen LogP contribution in [0.3, 0.4) is 0 Å². The molecule has 7 heteroatoms. The molecular weight excluding hydrogens is 473 g/mol. The lowest BCUT2D eigenvalue weighted by atomic mass is 9.98. The minimum atomic E-state index is -4.58. The maximum atomic E-state index is 11.2. The summed E-state index contributed by atoms with van der Waals surface area (Å²) in [4.78, 5) is 18.2. The molecule has 0 saturated heterocycles. The van der Waals surface area contributed by atoms with Crippen LogP contribution < -0.4 is 0 Å². The zero-order chi connectivity index (χ0) is 27.1. The quantitative estimate of drug-likeness (QED) is 0.0560. The molecule has 0 aromatic carbocycles. The first-order valence-corrected chi connectivity index (χ1v) is 16.9. The van der Waals surface area contributed by atoms with E-state index in [0.717, 1.165) is 32.2 Å². The molecule has 0 spiro atoms. The van der Waals surface area contributed by atoms with Gasteiger partial charge in [-0.05, 0) is 19.3 Å². The number of phosphoric ester groups is 1. The molecule has 0 aliphatic heterocycles. The van der Waals surface area contributed by atoms with Gasteiger partial charge in [-0.25, -0.2) is 4.57 Å². The van der Waals surface area contributed by atoms with Crippen LogP contribution in [0.2, 0.25) is 0 Å². The molecule has 0 aliphatic carbocycles. The molecule has 0 aromatic heterocycles. The Bertz CT molecular complexity index is 526. The molecule has 6 nitrogen and oxygen atoms in total. The van der Waals surface area contributed by atoms with Gasteiger partial charge in [-0.2, -0.15) is 0 Å². The molecule has 0 aromatic rings. The summed E-state index contributed by atoms with van der Waals surface area (Å²) in [6, 6.07) is -0.0795. The SMILES string of the molecule is CCCCCCCCCCCCC(C(O)COP(=O)(O)O)[N+](C)(C)CCCCCCCCCCCC. The van der Waals surface area contributed by atoms with E-state index in [1.165, 1.54) is 109 Å². The summed E-state index contributed by atoms with van der Waals surface area (Å²) in [5, 5.41) is 10.8. The normalized spacial score (nSPS) is 14.3. The molecular formula is C29H63NO5P+. The van der Waals surface area contributed by atoms with Crippen LogP contribution in [0, 0.1) is 0 Å². The largest absolute Gasteiger partial charge is 0.469 e. The Balaban J connectivity index is 4.38. The number of hydrogen-bond donors (Lipinski definition) is 3. The van der Waals surface area contributed by atoms with E-state index in [0.29, 0.717) is 4.48 Å². The van der Waals surface area contributed by atoms with Crippen molar-refractivity contribution < 1.29 is 28.5 Å². The van der Waals surface area contributed by atoms with Crippen molar-refractivity contribution in [1.82, 2.24) is 0 Å². The fourth-order valence-electron chi connectivity index (χ4n) is 5.31. The van der Waals surface area contributed by atoms with Gasteiger partial charge in [-0.3, -0.25) is 4.52 Å². The van der Waals surface area contributed by atoms with Gasteiger partial charge in [0.15, 0.2) is 0 Å². The number of aliphatic hydroxyl groups excluding tert-OH is 1. The number of quaternary nitrogens is 1. The van der Waals surface area contributed by atoms with E-state index < -0.39 is 13.9 Å².